The van der Waals surface area contributed by atoms with Gasteiger partial charge in [0.25, 0.3) is 0 Å². The number of nitrogens with one attached hydrogen (secondary N) is 1. The van der Waals surface area contributed by atoms with Crippen LogP contribution in [0.1, 0.15) is 36.0 Å². The Morgan fingerprint density at radius 1 is 1.11 bits per heavy atom. The van der Waals surface area contributed by atoms with Crippen LogP contribution in [0.4, 0.5) is 4.39 Å². The fraction of sp³-hybridized carbons (Fsp3) is 0.364. The van der Waals surface area contributed by atoms with Gasteiger partial charge < -0.3 is 10.2 Å². The largest absolute Gasteiger partial charge is 0.352 e. The van der Waals surface area contributed by atoms with Crippen molar-refractivity contribution >= 4 is 11.8 Å². The Balaban J connectivity index is 1.76. The molecule has 0 aromatic heterocycles. The highest BCUT2D eigenvalue weighted by Gasteiger charge is 2.40. The van der Waals surface area contributed by atoms with Crippen LogP contribution in [0, 0.1) is 18.7 Å². The van der Waals surface area contributed by atoms with Crippen molar-refractivity contribution in [2.45, 2.75) is 32.7 Å². The molecule has 3 rings (SSSR count). The topological polar surface area (TPSA) is 49.4 Å². The Hall–Kier alpha value is -2.69. The van der Waals surface area contributed by atoms with Crippen molar-refractivity contribution in [3.05, 3.63) is 71.0 Å². The van der Waals surface area contributed by atoms with Gasteiger partial charge >= 0.3 is 0 Å². The average Bonchev–Trinajstić information content (AvgIpc) is 3.12. The van der Waals surface area contributed by atoms with E-state index in [0.29, 0.717) is 26.1 Å². The lowest BCUT2D eigenvalue weighted by Gasteiger charge is -2.20. The Morgan fingerprint density at radius 2 is 1.81 bits per heavy atom. The van der Waals surface area contributed by atoms with E-state index in [1.807, 2.05) is 38.1 Å². The van der Waals surface area contributed by atoms with Crippen LogP contribution >= 0.6 is 0 Å². The summed E-state index contributed by atoms with van der Waals surface area (Å²) in [6.07, 6.45) is 0.435. The SMILES string of the molecule is CCC(=O)N1CC(C(=O)NCc2ccc(F)cc2)C(c2ccccc2C)C1. The van der Waals surface area contributed by atoms with Crippen molar-refractivity contribution in [1.82, 2.24) is 10.2 Å². The van der Waals surface area contributed by atoms with Crippen LogP contribution in [0.2, 0.25) is 0 Å². The highest BCUT2D eigenvalue weighted by atomic mass is 19.1. The molecule has 0 bridgehead atoms. The minimum Gasteiger partial charge on any atom is -0.352 e. The van der Waals surface area contributed by atoms with Crippen LogP contribution in [0.15, 0.2) is 48.5 Å². The van der Waals surface area contributed by atoms with Gasteiger partial charge in [0.05, 0.1) is 5.92 Å². The molecule has 2 amide bonds. The molecule has 142 valence electrons. The fourth-order valence-electron chi connectivity index (χ4n) is 3.74. The van der Waals surface area contributed by atoms with E-state index in [1.54, 1.807) is 17.0 Å². The molecule has 2 aromatic carbocycles. The maximum Gasteiger partial charge on any atom is 0.225 e. The summed E-state index contributed by atoms with van der Waals surface area (Å²) in [6, 6.07) is 14.1. The van der Waals surface area contributed by atoms with Crippen LogP contribution in [-0.4, -0.2) is 29.8 Å². The summed E-state index contributed by atoms with van der Waals surface area (Å²) < 4.78 is 13.0. The van der Waals surface area contributed by atoms with Gasteiger partial charge in [-0.25, -0.2) is 4.39 Å². The third-order valence-corrected chi connectivity index (χ3v) is 5.28. The molecule has 2 unspecified atom stereocenters. The first kappa shape index (κ1) is 19.1. The molecule has 2 atom stereocenters. The standard InChI is InChI=1S/C22H25FN2O2/c1-3-21(26)25-13-19(18-7-5-4-6-15(18)2)20(14-25)22(27)24-12-16-8-10-17(23)11-9-16/h4-11,19-20H,3,12-14H2,1-2H3,(H,24,27). The van der Waals surface area contributed by atoms with Crippen molar-refractivity contribution in [2.75, 3.05) is 13.1 Å². The summed E-state index contributed by atoms with van der Waals surface area (Å²) >= 11 is 0. The Labute approximate surface area is 159 Å². The van der Waals surface area contributed by atoms with Gasteiger partial charge in [-0.05, 0) is 35.7 Å². The number of hydrogen-bond acceptors (Lipinski definition) is 2. The Morgan fingerprint density at radius 3 is 2.48 bits per heavy atom. The smallest absolute Gasteiger partial charge is 0.225 e. The molecule has 0 spiro atoms. The molecule has 1 heterocycles. The third-order valence-electron chi connectivity index (χ3n) is 5.28. The van der Waals surface area contributed by atoms with Crippen molar-refractivity contribution in [2.24, 2.45) is 5.92 Å². The van der Waals surface area contributed by atoms with Crippen LogP contribution < -0.4 is 5.32 Å². The molecule has 1 aliphatic rings. The van der Waals surface area contributed by atoms with Gasteiger partial charge in [0.2, 0.25) is 11.8 Å². The number of carbonyl (C=O) groups is 2. The molecule has 1 fully saturated rings. The Kier molecular flexibility index (Phi) is 5.89. The summed E-state index contributed by atoms with van der Waals surface area (Å²) in [5.74, 6) is -0.604. The molecule has 1 aliphatic heterocycles. The molecule has 27 heavy (non-hydrogen) atoms. The molecule has 1 N–H and O–H groups in total. The summed E-state index contributed by atoms with van der Waals surface area (Å²) in [6.45, 7) is 5.21. The van der Waals surface area contributed by atoms with E-state index in [9.17, 15) is 14.0 Å². The van der Waals surface area contributed by atoms with E-state index in [2.05, 4.69) is 5.32 Å². The Bertz CT molecular complexity index is 819. The molecular weight excluding hydrogens is 343 g/mol. The first-order valence-electron chi connectivity index (χ1n) is 9.35. The normalized spacial score (nSPS) is 19.1. The number of rotatable bonds is 5. The second-order valence-electron chi connectivity index (χ2n) is 7.07. The van der Waals surface area contributed by atoms with E-state index in [1.165, 1.54) is 12.1 Å². The van der Waals surface area contributed by atoms with Gasteiger partial charge in [-0.2, -0.15) is 0 Å². The maximum atomic E-state index is 13.0. The van der Waals surface area contributed by atoms with Gasteiger partial charge in [-0.15, -0.1) is 0 Å². The first-order chi connectivity index (χ1) is 13.0. The van der Waals surface area contributed by atoms with Crippen molar-refractivity contribution in [3.63, 3.8) is 0 Å². The molecular formula is C22H25FN2O2. The van der Waals surface area contributed by atoms with Crippen molar-refractivity contribution < 1.29 is 14.0 Å². The van der Waals surface area contributed by atoms with Gasteiger partial charge in [-0.3, -0.25) is 9.59 Å². The second kappa shape index (κ2) is 8.33. The zero-order valence-corrected chi connectivity index (χ0v) is 15.7. The lowest BCUT2D eigenvalue weighted by atomic mass is 9.86. The van der Waals surface area contributed by atoms with Crippen molar-refractivity contribution in [3.8, 4) is 0 Å². The number of halogens is 1. The summed E-state index contributed by atoms with van der Waals surface area (Å²) in [7, 11) is 0. The van der Waals surface area contributed by atoms with E-state index < -0.39 is 0 Å². The fourth-order valence-corrected chi connectivity index (χ4v) is 3.74. The summed E-state index contributed by atoms with van der Waals surface area (Å²) in [5, 5.41) is 2.96. The quantitative estimate of drug-likeness (QED) is 0.879. The van der Waals surface area contributed by atoms with Crippen molar-refractivity contribution in [1.29, 1.82) is 0 Å². The van der Waals surface area contributed by atoms with E-state index in [4.69, 9.17) is 0 Å². The van der Waals surface area contributed by atoms with E-state index >= 15 is 0 Å². The lowest BCUT2D eigenvalue weighted by Crippen LogP contribution is -2.35. The number of hydrogen-bond donors (Lipinski definition) is 1. The molecule has 5 heteroatoms. The van der Waals surface area contributed by atoms with Gasteiger partial charge in [0.1, 0.15) is 5.82 Å². The molecule has 0 radical (unpaired) electrons. The minimum atomic E-state index is -0.297. The summed E-state index contributed by atoms with van der Waals surface area (Å²) in [5.41, 5.74) is 3.09. The lowest BCUT2D eigenvalue weighted by molar-refractivity contribution is -0.130. The number of aryl methyl sites for hydroxylation is 1. The van der Waals surface area contributed by atoms with Crippen LogP contribution in [0.5, 0.6) is 0 Å². The third kappa shape index (κ3) is 4.35. The minimum absolute atomic E-state index is 0.0186. The average molecular weight is 368 g/mol. The second-order valence-corrected chi connectivity index (χ2v) is 7.07. The highest BCUT2D eigenvalue weighted by Crippen LogP contribution is 2.35. The van der Waals surface area contributed by atoms with Gasteiger partial charge in [-0.1, -0.05) is 43.3 Å². The van der Waals surface area contributed by atoms with E-state index in [0.717, 1.165) is 16.7 Å². The predicted molar refractivity (Wildman–Crippen MR) is 103 cm³/mol. The number of carbonyl (C=O) groups excluding carboxylic acids is 2. The first-order valence-corrected chi connectivity index (χ1v) is 9.35. The number of nitrogens with zero attached hydrogens (tertiary/aromatic N) is 1. The number of likely N-dealkylation sites (tertiary alicyclic amines) is 1. The zero-order chi connectivity index (χ0) is 19.4. The van der Waals surface area contributed by atoms with Crippen LogP contribution in [0.25, 0.3) is 0 Å². The number of amides is 2. The molecule has 1 saturated heterocycles. The van der Waals surface area contributed by atoms with E-state index in [-0.39, 0.29) is 29.5 Å². The monoisotopic (exact) mass is 368 g/mol. The number of benzene rings is 2. The van der Waals surface area contributed by atoms with Gasteiger partial charge in [0.15, 0.2) is 0 Å². The predicted octanol–water partition coefficient (Wildman–Crippen LogP) is 3.40. The van der Waals surface area contributed by atoms with Crippen LogP contribution in [0.3, 0.4) is 0 Å². The summed E-state index contributed by atoms with van der Waals surface area (Å²) in [4.78, 5) is 26.9. The molecule has 0 saturated carbocycles. The highest BCUT2D eigenvalue weighted by molar-refractivity contribution is 5.83. The zero-order valence-electron chi connectivity index (χ0n) is 15.7. The molecule has 2 aromatic rings. The molecule has 4 nitrogen and oxygen atoms in total. The molecule has 0 aliphatic carbocycles. The van der Waals surface area contributed by atoms with Gasteiger partial charge in [0, 0.05) is 32.0 Å². The maximum absolute atomic E-state index is 13.0. The van der Waals surface area contributed by atoms with Crippen LogP contribution in [-0.2, 0) is 16.1 Å².